The SMILES string of the molecule is CCCCCN1NN=C(/C(=N\OCc2cccc(NC(=O)O)n2)c2ccccc2)N1C. The highest BCUT2D eigenvalue weighted by Crippen LogP contribution is 2.13. The Kier molecular flexibility index (Phi) is 7.77. The van der Waals surface area contributed by atoms with Crippen LogP contribution in [-0.4, -0.2) is 51.5 Å². The number of anilines is 1. The average molecular weight is 425 g/mol. The van der Waals surface area contributed by atoms with Crippen molar-refractivity contribution in [2.75, 3.05) is 18.9 Å². The topological polar surface area (TPSA) is 115 Å². The first kappa shape index (κ1) is 22.0. The van der Waals surface area contributed by atoms with Crippen molar-refractivity contribution in [2.45, 2.75) is 32.8 Å². The molecule has 0 saturated heterocycles. The number of hydrazine groups is 2. The molecule has 164 valence electrons. The number of carboxylic acid groups (broad SMARTS) is 1. The van der Waals surface area contributed by atoms with Crippen molar-refractivity contribution >= 4 is 23.5 Å². The van der Waals surface area contributed by atoms with Crippen molar-refractivity contribution < 1.29 is 14.7 Å². The van der Waals surface area contributed by atoms with E-state index in [1.165, 1.54) is 0 Å². The monoisotopic (exact) mass is 425 g/mol. The molecular formula is C21H27N7O3. The molecule has 2 aromatic rings. The molecule has 3 N–H and O–H groups in total. The van der Waals surface area contributed by atoms with E-state index in [1.54, 1.807) is 18.2 Å². The molecule has 0 aliphatic carbocycles. The number of hydrogen-bond acceptors (Lipinski definition) is 8. The van der Waals surface area contributed by atoms with E-state index >= 15 is 0 Å². The van der Waals surface area contributed by atoms with Crippen LogP contribution >= 0.6 is 0 Å². The van der Waals surface area contributed by atoms with Gasteiger partial charge < -0.3 is 9.94 Å². The summed E-state index contributed by atoms with van der Waals surface area (Å²) in [5, 5.41) is 23.7. The van der Waals surface area contributed by atoms with Crippen molar-refractivity contribution in [1.82, 2.24) is 20.6 Å². The summed E-state index contributed by atoms with van der Waals surface area (Å²) in [6.07, 6.45) is 2.17. The molecule has 1 aliphatic heterocycles. The van der Waals surface area contributed by atoms with Crippen LogP contribution in [0.4, 0.5) is 10.6 Å². The largest absolute Gasteiger partial charge is 0.465 e. The molecule has 1 aliphatic rings. The van der Waals surface area contributed by atoms with Gasteiger partial charge in [0.2, 0.25) is 0 Å². The number of hydrazone groups is 1. The fourth-order valence-electron chi connectivity index (χ4n) is 3.00. The third-order valence-corrected chi connectivity index (χ3v) is 4.58. The number of rotatable bonds is 10. The number of likely N-dealkylation sites (N-methyl/N-ethyl adjacent to an activating group) is 1. The zero-order valence-corrected chi connectivity index (χ0v) is 17.7. The fraction of sp³-hybridized carbons (Fsp3) is 0.333. The summed E-state index contributed by atoms with van der Waals surface area (Å²) in [5.41, 5.74) is 5.02. The second-order valence-corrected chi connectivity index (χ2v) is 6.91. The van der Waals surface area contributed by atoms with Gasteiger partial charge in [0.05, 0.1) is 5.69 Å². The summed E-state index contributed by atoms with van der Waals surface area (Å²) >= 11 is 0. The highest BCUT2D eigenvalue weighted by atomic mass is 16.6. The minimum Gasteiger partial charge on any atom is -0.465 e. The second kappa shape index (κ2) is 10.9. The minimum atomic E-state index is -1.17. The predicted octanol–water partition coefficient (Wildman–Crippen LogP) is 3.26. The normalized spacial score (nSPS) is 14.2. The molecule has 1 aromatic carbocycles. The van der Waals surface area contributed by atoms with Crippen LogP contribution in [0.2, 0.25) is 0 Å². The number of hydrogen-bond donors (Lipinski definition) is 3. The Hall–Kier alpha value is -3.66. The van der Waals surface area contributed by atoms with Crippen LogP contribution in [0.15, 0.2) is 58.8 Å². The quantitative estimate of drug-likeness (QED) is 0.304. The van der Waals surface area contributed by atoms with E-state index in [-0.39, 0.29) is 12.4 Å². The van der Waals surface area contributed by atoms with Gasteiger partial charge in [0.1, 0.15) is 5.82 Å². The van der Waals surface area contributed by atoms with E-state index in [1.807, 2.05) is 47.5 Å². The van der Waals surface area contributed by atoms with Gasteiger partial charge in [-0.15, -0.1) is 10.2 Å². The van der Waals surface area contributed by atoms with Gasteiger partial charge in [-0.25, -0.2) is 15.3 Å². The first-order valence-electron chi connectivity index (χ1n) is 10.1. The van der Waals surface area contributed by atoms with Crippen LogP contribution in [0, 0.1) is 0 Å². The number of oxime groups is 1. The molecule has 0 saturated carbocycles. The molecule has 0 unspecified atom stereocenters. The molecule has 0 fully saturated rings. The average Bonchev–Trinajstić information content (AvgIpc) is 3.12. The smallest absolute Gasteiger partial charge is 0.410 e. The van der Waals surface area contributed by atoms with Gasteiger partial charge in [-0.05, 0) is 18.6 Å². The Morgan fingerprint density at radius 1 is 1.19 bits per heavy atom. The standard InChI is InChI=1S/C21H27N7O3/c1-3-4-8-14-28-26-24-20(27(28)2)19(16-10-6-5-7-11-16)25-31-15-17-12-9-13-18(22-17)23-21(29)30/h5-7,9-13,26H,3-4,8,14-15H2,1-2H3,(H,22,23)(H,29,30)/b25-19-. The lowest BCUT2D eigenvalue weighted by Crippen LogP contribution is -2.45. The third-order valence-electron chi connectivity index (χ3n) is 4.58. The molecule has 0 spiro atoms. The number of benzene rings is 1. The van der Waals surface area contributed by atoms with E-state index in [2.05, 4.69) is 33.0 Å². The van der Waals surface area contributed by atoms with Crippen molar-refractivity contribution in [3.05, 3.63) is 59.8 Å². The Bertz CT molecular complexity index is 934. The molecule has 31 heavy (non-hydrogen) atoms. The number of carbonyl (C=O) groups is 1. The number of amidine groups is 1. The molecule has 2 heterocycles. The molecular weight excluding hydrogens is 398 g/mol. The van der Waals surface area contributed by atoms with Gasteiger partial charge in [0, 0.05) is 19.2 Å². The molecule has 1 amide bonds. The first-order chi connectivity index (χ1) is 15.1. The second-order valence-electron chi connectivity index (χ2n) is 6.91. The van der Waals surface area contributed by atoms with Gasteiger partial charge >= 0.3 is 6.09 Å². The predicted molar refractivity (Wildman–Crippen MR) is 118 cm³/mol. The maximum Gasteiger partial charge on any atom is 0.410 e. The number of nitrogens with one attached hydrogen (secondary N) is 2. The van der Waals surface area contributed by atoms with Crippen LogP contribution < -0.4 is 10.9 Å². The van der Waals surface area contributed by atoms with Gasteiger partial charge in [0.25, 0.3) is 0 Å². The van der Waals surface area contributed by atoms with E-state index in [0.29, 0.717) is 17.2 Å². The van der Waals surface area contributed by atoms with Crippen LogP contribution in [-0.2, 0) is 11.4 Å². The summed E-state index contributed by atoms with van der Waals surface area (Å²) in [5.74, 6) is 0.865. The molecule has 0 atom stereocenters. The maximum atomic E-state index is 10.8. The van der Waals surface area contributed by atoms with Gasteiger partial charge in [-0.2, -0.15) is 0 Å². The highest BCUT2D eigenvalue weighted by molar-refractivity contribution is 6.47. The van der Waals surface area contributed by atoms with Gasteiger partial charge in [0.15, 0.2) is 18.2 Å². The van der Waals surface area contributed by atoms with E-state index in [9.17, 15) is 4.79 Å². The zero-order valence-electron chi connectivity index (χ0n) is 17.7. The number of pyridine rings is 1. The van der Waals surface area contributed by atoms with Gasteiger partial charge in [-0.3, -0.25) is 10.3 Å². The lowest BCUT2D eigenvalue weighted by molar-refractivity contribution is 0.0362. The van der Waals surface area contributed by atoms with Crippen LogP contribution in [0.1, 0.15) is 37.4 Å². The van der Waals surface area contributed by atoms with Gasteiger partial charge in [-0.1, -0.05) is 61.3 Å². The maximum absolute atomic E-state index is 10.8. The molecule has 3 rings (SSSR count). The first-order valence-corrected chi connectivity index (χ1v) is 10.1. The Morgan fingerprint density at radius 2 is 2.00 bits per heavy atom. The Labute approximate surface area is 181 Å². The molecule has 0 radical (unpaired) electrons. The van der Waals surface area contributed by atoms with E-state index in [4.69, 9.17) is 9.94 Å². The highest BCUT2D eigenvalue weighted by Gasteiger charge is 2.27. The summed E-state index contributed by atoms with van der Waals surface area (Å²) in [7, 11) is 1.92. The molecule has 10 heteroatoms. The van der Waals surface area contributed by atoms with Crippen LogP contribution in [0.25, 0.3) is 0 Å². The Balaban J connectivity index is 1.73. The summed E-state index contributed by atoms with van der Waals surface area (Å²) in [6.45, 7) is 3.08. The summed E-state index contributed by atoms with van der Waals surface area (Å²) < 4.78 is 0. The van der Waals surface area contributed by atoms with E-state index in [0.717, 1.165) is 31.4 Å². The lowest BCUT2D eigenvalue weighted by Gasteiger charge is -2.25. The van der Waals surface area contributed by atoms with Crippen LogP contribution in [0.5, 0.6) is 0 Å². The molecule has 10 nitrogen and oxygen atoms in total. The third kappa shape index (κ3) is 6.16. The number of aromatic nitrogens is 1. The number of unbranched alkanes of at least 4 members (excludes halogenated alkanes) is 2. The lowest BCUT2D eigenvalue weighted by atomic mass is 10.1. The summed E-state index contributed by atoms with van der Waals surface area (Å²) in [6, 6.07) is 14.7. The number of nitrogens with zero attached hydrogens (tertiary/aromatic N) is 5. The zero-order chi connectivity index (χ0) is 22.1. The van der Waals surface area contributed by atoms with Crippen molar-refractivity contribution in [1.29, 1.82) is 0 Å². The molecule has 0 bridgehead atoms. The van der Waals surface area contributed by atoms with Crippen molar-refractivity contribution in [2.24, 2.45) is 10.3 Å². The van der Waals surface area contributed by atoms with Crippen molar-refractivity contribution in [3.63, 3.8) is 0 Å². The number of amides is 1. The summed E-state index contributed by atoms with van der Waals surface area (Å²) in [4.78, 5) is 20.6. The van der Waals surface area contributed by atoms with Crippen molar-refractivity contribution in [3.8, 4) is 0 Å². The van der Waals surface area contributed by atoms with Crippen LogP contribution in [0.3, 0.4) is 0 Å². The molecule has 1 aromatic heterocycles. The van der Waals surface area contributed by atoms with E-state index < -0.39 is 6.09 Å². The minimum absolute atomic E-state index is 0.0795. The Morgan fingerprint density at radius 3 is 2.74 bits per heavy atom. The fourth-order valence-corrected chi connectivity index (χ4v) is 3.00.